The van der Waals surface area contributed by atoms with Crippen LogP contribution in [0.25, 0.3) is 0 Å². The van der Waals surface area contributed by atoms with E-state index in [1.807, 2.05) is 0 Å². The number of rotatable bonds is 3. The molecule has 0 unspecified atom stereocenters. The second kappa shape index (κ2) is 5.35. The Morgan fingerprint density at radius 2 is 2.11 bits per heavy atom. The van der Waals surface area contributed by atoms with E-state index in [0.29, 0.717) is 0 Å². The molecule has 0 aliphatic rings. The van der Waals surface area contributed by atoms with Gasteiger partial charge in [-0.25, -0.2) is 13.6 Å². The van der Waals surface area contributed by atoms with Gasteiger partial charge in [0.15, 0.2) is 0 Å². The Labute approximate surface area is 102 Å². The third-order valence-electron chi connectivity index (χ3n) is 2.27. The number of aromatic nitrogens is 1. The van der Waals surface area contributed by atoms with E-state index in [1.165, 1.54) is 24.5 Å². The highest BCUT2D eigenvalue weighted by Crippen LogP contribution is 2.11. The summed E-state index contributed by atoms with van der Waals surface area (Å²) in [4.78, 5) is 15.3. The highest BCUT2D eigenvalue weighted by molar-refractivity contribution is 5.88. The Kier molecular flexibility index (Phi) is 3.62. The summed E-state index contributed by atoms with van der Waals surface area (Å²) in [5.41, 5.74) is 0.397. The van der Waals surface area contributed by atoms with E-state index in [0.717, 1.165) is 12.1 Å². The largest absolute Gasteiger partial charge is 0.457 e. The molecule has 2 rings (SSSR count). The number of pyridine rings is 1. The second-order valence-corrected chi connectivity index (χ2v) is 3.55. The summed E-state index contributed by atoms with van der Waals surface area (Å²) < 4.78 is 30.8. The van der Waals surface area contributed by atoms with Gasteiger partial charge in [-0.05, 0) is 24.3 Å². The Bertz CT molecular complexity index is 558. The molecule has 0 atom stereocenters. The zero-order valence-electron chi connectivity index (χ0n) is 9.27. The van der Waals surface area contributed by atoms with Crippen LogP contribution in [0.3, 0.4) is 0 Å². The predicted octanol–water partition coefficient (Wildman–Crippen LogP) is 2.72. The average molecular weight is 249 g/mol. The van der Waals surface area contributed by atoms with Crippen molar-refractivity contribution < 1.29 is 18.3 Å². The second-order valence-electron chi connectivity index (χ2n) is 3.55. The maximum absolute atomic E-state index is 13.3. The van der Waals surface area contributed by atoms with Gasteiger partial charge in [-0.15, -0.1) is 0 Å². The van der Waals surface area contributed by atoms with Gasteiger partial charge in [0.1, 0.15) is 18.2 Å². The smallest absolute Gasteiger partial charge is 0.340 e. The van der Waals surface area contributed by atoms with Gasteiger partial charge in [-0.2, -0.15) is 0 Å². The predicted molar refractivity (Wildman–Crippen MR) is 59.7 cm³/mol. The molecule has 3 nitrogen and oxygen atoms in total. The lowest BCUT2D eigenvalue weighted by molar-refractivity contribution is 0.0468. The molecule has 0 radical (unpaired) electrons. The molecule has 2 aromatic rings. The van der Waals surface area contributed by atoms with Gasteiger partial charge in [0.25, 0.3) is 0 Å². The number of halogens is 2. The Hall–Kier alpha value is -2.30. The number of hydrogen-bond donors (Lipinski definition) is 0. The van der Waals surface area contributed by atoms with Crippen molar-refractivity contribution in [3.63, 3.8) is 0 Å². The molecule has 0 aliphatic carbocycles. The van der Waals surface area contributed by atoms with Crippen molar-refractivity contribution in [1.82, 2.24) is 4.98 Å². The normalized spacial score (nSPS) is 10.1. The van der Waals surface area contributed by atoms with Gasteiger partial charge >= 0.3 is 5.97 Å². The minimum absolute atomic E-state index is 0.119. The van der Waals surface area contributed by atoms with Gasteiger partial charge in [0.2, 0.25) is 0 Å². The lowest BCUT2D eigenvalue weighted by Gasteiger charge is -2.05. The van der Waals surface area contributed by atoms with Crippen molar-refractivity contribution in [3.05, 3.63) is 65.5 Å². The van der Waals surface area contributed by atoms with Crippen LogP contribution in [0.15, 0.2) is 42.7 Å². The van der Waals surface area contributed by atoms with E-state index in [-0.39, 0.29) is 17.7 Å². The molecule has 1 heterocycles. The zero-order chi connectivity index (χ0) is 13.0. The monoisotopic (exact) mass is 249 g/mol. The molecule has 0 spiro atoms. The van der Waals surface area contributed by atoms with Crippen LogP contribution in [0.4, 0.5) is 8.78 Å². The van der Waals surface area contributed by atoms with Crippen LogP contribution in [0, 0.1) is 11.6 Å². The van der Waals surface area contributed by atoms with E-state index in [1.54, 1.807) is 6.07 Å². The molecule has 0 fully saturated rings. The van der Waals surface area contributed by atoms with Crippen molar-refractivity contribution in [2.45, 2.75) is 6.61 Å². The maximum Gasteiger partial charge on any atom is 0.340 e. The topological polar surface area (TPSA) is 39.2 Å². The number of ether oxygens (including phenoxy) is 1. The highest BCUT2D eigenvalue weighted by atomic mass is 19.1. The van der Waals surface area contributed by atoms with Crippen molar-refractivity contribution in [1.29, 1.82) is 0 Å². The molecule has 0 bridgehead atoms. The van der Waals surface area contributed by atoms with Crippen LogP contribution in [0.5, 0.6) is 0 Å². The third-order valence-corrected chi connectivity index (χ3v) is 2.27. The fourth-order valence-corrected chi connectivity index (χ4v) is 1.35. The Morgan fingerprint density at radius 3 is 2.78 bits per heavy atom. The SMILES string of the molecule is O=C(OCc1ccc(F)cc1F)c1cccnc1. The molecular formula is C13H9F2NO2. The molecule has 1 aromatic carbocycles. The Balaban J connectivity index is 2.02. The lowest BCUT2D eigenvalue weighted by Crippen LogP contribution is -2.06. The number of carbonyl (C=O) groups is 1. The summed E-state index contributed by atoms with van der Waals surface area (Å²) in [7, 11) is 0. The van der Waals surface area contributed by atoms with Gasteiger partial charge in [0.05, 0.1) is 5.56 Å². The quantitative estimate of drug-likeness (QED) is 0.785. The minimum atomic E-state index is -0.742. The first-order valence-electron chi connectivity index (χ1n) is 5.18. The maximum atomic E-state index is 13.3. The molecule has 1 aromatic heterocycles. The minimum Gasteiger partial charge on any atom is -0.457 e. The standard InChI is InChI=1S/C13H9F2NO2/c14-11-4-3-10(12(15)6-11)8-18-13(17)9-2-1-5-16-7-9/h1-7H,8H2. The molecule has 92 valence electrons. The fraction of sp³-hybridized carbons (Fsp3) is 0.0769. The Morgan fingerprint density at radius 1 is 1.28 bits per heavy atom. The van der Waals surface area contributed by atoms with Crippen LogP contribution in [-0.2, 0) is 11.3 Å². The summed E-state index contributed by atoms with van der Waals surface area (Å²) in [6.45, 7) is -0.250. The van der Waals surface area contributed by atoms with Crippen LogP contribution < -0.4 is 0 Å². The molecule has 0 saturated carbocycles. The van der Waals surface area contributed by atoms with Gasteiger partial charge in [-0.1, -0.05) is 0 Å². The number of hydrogen-bond acceptors (Lipinski definition) is 3. The van der Waals surface area contributed by atoms with Crippen LogP contribution in [0.1, 0.15) is 15.9 Å². The number of carbonyl (C=O) groups excluding carboxylic acids is 1. The molecule has 0 amide bonds. The van der Waals surface area contributed by atoms with Crippen LogP contribution in [0.2, 0.25) is 0 Å². The van der Waals surface area contributed by atoms with E-state index in [9.17, 15) is 13.6 Å². The zero-order valence-corrected chi connectivity index (χ0v) is 9.27. The summed E-state index contributed by atoms with van der Waals surface area (Å²) in [5.74, 6) is -2.02. The number of benzene rings is 1. The van der Waals surface area contributed by atoms with Gasteiger partial charge in [0, 0.05) is 24.0 Å². The molecular weight excluding hydrogens is 240 g/mol. The molecule has 0 saturated heterocycles. The fourth-order valence-electron chi connectivity index (χ4n) is 1.35. The number of nitrogens with zero attached hydrogens (tertiary/aromatic N) is 1. The van der Waals surface area contributed by atoms with E-state index in [2.05, 4.69) is 4.98 Å². The average Bonchev–Trinajstić information content (AvgIpc) is 2.38. The first kappa shape index (κ1) is 12.2. The van der Waals surface area contributed by atoms with Crippen LogP contribution >= 0.6 is 0 Å². The molecule has 5 heteroatoms. The molecule has 18 heavy (non-hydrogen) atoms. The first-order valence-corrected chi connectivity index (χ1v) is 5.18. The van der Waals surface area contributed by atoms with Crippen LogP contribution in [-0.4, -0.2) is 11.0 Å². The van der Waals surface area contributed by atoms with Crippen molar-refractivity contribution in [2.24, 2.45) is 0 Å². The molecule has 0 N–H and O–H groups in total. The van der Waals surface area contributed by atoms with E-state index >= 15 is 0 Å². The molecule has 0 aliphatic heterocycles. The summed E-state index contributed by atoms with van der Waals surface area (Å²) >= 11 is 0. The van der Waals surface area contributed by atoms with Crippen molar-refractivity contribution in [2.75, 3.05) is 0 Å². The van der Waals surface area contributed by atoms with E-state index < -0.39 is 17.6 Å². The first-order chi connectivity index (χ1) is 8.66. The highest BCUT2D eigenvalue weighted by Gasteiger charge is 2.09. The van der Waals surface area contributed by atoms with Gasteiger partial charge < -0.3 is 4.74 Å². The summed E-state index contributed by atoms with van der Waals surface area (Å²) in [6.07, 6.45) is 2.87. The summed E-state index contributed by atoms with van der Waals surface area (Å²) in [6, 6.07) is 6.22. The van der Waals surface area contributed by atoms with E-state index in [4.69, 9.17) is 4.74 Å². The number of esters is 1. The van der Waals surface area contributed by atoms with Gasteiger partial charge in [-0.3, -0.25) is 4.98 Å². The van der Waals surface area contributed by atoms with Crippen molar-refractivity contribution >= 4 is 5.97 Å². The lowest BCUT2D eigenvalue weighted by atomic mass is 10.2. The van der Waals surface area contributed by atoms with Crippen molar-refractivity contribution in [3.8, 4) is 0 Å². The third kappa shape index (κ3) is 2.88. The summed E-state index contributed by atoms with van der Waals surface area (Å²) in [5, 5.41) is 0.